The van der Waals surface area contributed by atoms with E-state index in [9.17, 15) is 14.4 Å². The van der Waals surface area contributed by atoms with E-state index < -0.39 is 11.6 Å². The van der Waals surface area contributed by atoms with Crippen molar-refractivity contribution in [2.45, 2.75) is 52.2 Å². The van der Waals surface area contributed by atoms with E-state index in [1.807, 2.05) is 27.7 Å². The lowest BCUT2D eigenvalue weighted by Gasteiger charge is -2.40. The summed E-state index contributed by atoms with van der Waals surface area (Å²) in [5, 5.41) is 8.66. The van der Waals surface area contributed by atoms with Crippen LogP contribution in [0.2, 0.25) is 0 Å². The van der Waals surface area contributed by atoms with Crippen LogP contribution in [0.4, 0.5) is 4.79 Å². The highest BCUT2D eigenvalue weighted by Crippen LogP contribution is 2.17. The number of amides is 1. The molecule has 1 fully saturated rings. The van der Waals surface area contributed by atoms with Gasteiger partial charge in [-0.2, -0.15) is 0 Å². The van der Waals surface area contributed by atoms with Gasteiger partial charge in [-0.15, -0.1) is 0 Å². The first-order chi connectivity index (χ1) is 14.0. The first kappa shape index (κ1) is 23.7. The van der Waals surface area contributed by atoms with Gasteiger partial charge in [0.2, 0.25) is 0 Å². The number of carboxylic acid groups (broad SMARTS) is 1. The molecule has 2 rings (SSSR count). The van der Waals surface area contributed by atoms with Crippen LogP contribution in [-0.4, -0.2) is 77.2 Å². The number of carbonyl (C=O) groups is 3. The first-order valence-electron chi connectivity index (χ1n) is 10.2. The zero-order valence-corrected chi connectivity index (χ0v) is 18.2. The quantitative estimate of drug-likeness (QED) is 0.646. The summed E-state index contributed by atoms with van der Waals surface area (Å²) in [6.45, 7) is 10.9. The van der Waals surface area contributed by atoms with Crippen molar-refractivity contribution in [3.63, 3.8) is 0 Å². The number of carboxylic acids is 1. The fourth-order valence-electron chi connectivity index (χ4n) is 3.22. The van der Waals surface area contributed by atoms with Gasteiger partial charge < -0.3 is 19.5 Å². The molecule has 30 heavy (non-hydrogen) atoms. The number of hydrogen-bond acceptors (Lipinski definition) is 6. The van der Waals surface area contributed by atoms with Gasteiger partial charge in [0, 0.05) is 44.2 Å². The third-order valence-corrected chi connectivity index (χ3v) is 4.76. The molecule has 1 heterocycles. The van der Waals surface area contributed by atoms with Crippen molar-refractivity contribution in [3.8, 4) is 5.75 Å². The number of carbonyl (C=O) groups excluding carboxylic acids is 2. The molecule has 1 atom stereocenters. The average Bonchev–Trinajstić information content (AvgIpc) is 2.65. The second kappa shape index (κ2) is 10.4. The molecule has 8 nitrogen and oxygen atoms in total. The second-order valence-electron chi connectivity index (χ2n) is 8.51. The summed E-state index contributed by atoms with van der Waals surface area (Å²) >= 11 is 0. The molecule has 1 N–H and O–H groups in total. The number of benzene rings is 1. The summed E-state index contributed by atoms with van der Waals surface area (Å²) in [4.78, 5) is 38.8. The van der Waals surface area contributed by atoms with Crippen molar-refractivity contribution in [1.82, 2.24) is 9.80 Å². The summed E-state index contributed by atoms with van der Waals surface area (Å²) in [7, 11) is 0. The Morgan fingerprint density at radius 3 is 2.33 bits per heavy atom. The summed E-state index contributed by atoms with van der Waals surface area (Å²) in [5.74, 6) is -0.518. The number of ether oxygens (including phenoxy) is 2. The van der Waals surface area contributed by atoms with Crippen LogP contribution in [0.25, 0.3) is 0 Å². The maximum absolute atomic E-state index is 12.3. The average molecular weight is 421 g/mol. The molecular weight excluding hydrogens is 388 g/mol. The number of ketones is 1. The van der Waals surface area contributed by atoms with E-state index in [0.29, 0.717) is 24.5 Å². The van der Waals surface area contributed by atoms with Gasteiger partial charge in [0.25, 0.3) is 0 Å². The molecule has 166 valence electrons. The zero-order valence-electron chi connectivity index (χ0n) is 18.2. The number of aliphatic carboxylic acids is 1. The molecule has 0 bridgehead atoms. The van der Waals surface area contributed by atoms with Crippen molar-refractivity contribution < 1.29 is 29.0 Å². The number of hydrogen-bond donors (Lipinski definition) is 1. The van der Waals surface area contributed by atoms with Gasteiger partial charge in [-0.05, 0) is 52.0 Å². The van der Waals surface area contributed by atoms with Gasteiger partial charge in [0.05, 0.1) is 6.42 Å². The molecule has 1 unspecified atom stereocenters. The normalized spacial score (nSPS) is 17.5. The van der Waals surface area contributed by atoms with E-state index >= 15 is 0 Å². The Morgan fingerprint density at radius 2 is 1.77 bits per heavy atom. The molecule has 0 radical (unpaired) electrons. The summed E-state index contributed by atoms with van der Waals surface area (Å²) in [6, 6.07) is 6.81. The Labute approximate surface area is 177 Å². The second-order valence-corrected chi connectivity index (χ2v) is 8.51. The highest BCUT2D eigenvalue weighted by atomic mass is 16.6. The predicted octanol–water partition coefficient (Wildman–Crippen LogP) is 3.05. The van der Waals surface area contributed by atoms with E-state index in [4.69, 9.17) is 14.6 Å². The van der Waals surface area contributed by atoms with Crippen LogP contribution in [0, 0.1) is 0 Å². The van der Waals surface area contributed by atoms with E-state index in [-0.39, 0.29) is 30.8 Å². The van der Waals surface area contributed by atoms with Crippen LogP contribution >= 0.6 is 0 Å². The maximum atomic E-state index is 12.3. The zero-order chi connectivity index (χ0) is 22.3. The molecule has 1 amide bonds. The SMILES string of the molecule is CC1CN(CCOc2ccc(C(=O)CCC(=O)O)cc2)CCN1C(=O)OC(C)(C)C. The van der Waals surface area contributed by atoms with Crippen LogP contribution in [0.5, 0.6) is 5.75 Å². The molecule has 8 heteroatoms. The molecule has 1 saturated heterocycles. The van der Waals surface area contributed by atoms with E-state index in [1.54, 1.807) is 29.2 Å². The molecule has 1 aliphatic heterocycles. The largest absolute Gasteiger partial charge is 0.492 e. The van der Waals surface area contributed by atoms with Crippen molar-refractivity contribution in [2.24, 2.45) is 0 Å². The molecule has 1 aromatic carbocycles. The van der Waals surface area contributed by atoms with Crippen molar-refractivity contribution >= 4 is 17.8 Å². The maximum Gasteiger partial charge on any atom is 0.410 e. The monoisotopic (exact) mass is 420 g/mol. The highest BCUT2D eigenvalue weighted by molar-refractivity contribution is 5.97. The fourth-order valence-corrected chi connectivity index (χ4v) is 3.22. The molecule has 0 aliphatic carbocycles. The summed E-state index contributed by atoms with van der Waals surface area (Å²) < 4.78 is 11.2. The van der Waals surface area contributed by atoms with Gasteiger partial charge in [-0.1, -0.05) is 0 Å². The van der Waals surface area contributed by atoms with Gasteiger partial charge in [0.1, 0.15) is 18.0 Å². The van der Waals surface area contributed by atoms with Crippen LogP contribution in [0.1, 0.15) is 50.9 Å². The predicted molar refractivity (Wildman–Crippen MR) is 112 cm³/mol. The smallest absolute Gasteiger partial charge is 0.410 e. The highest BCUT2D eigenvalue weighted by Gasteiger charge is 2.30. The van der Waals surface area contributed by atoms with E-state index in [0.717, 1.165) is 19.6 Å². The number of Topliss-reactive ketones (excluding diaryl/α,β-unsaturated/α-hetero) is 1. The van der Waals surface area contributed by atoms with E-state index in [1.165, 1.54) is 0 Å². The molecule has 1 aliphatic rings. The van der Waals surface area contributed by atoms with Crippen LogP contribution < -0.4 is 4.74 Å². The van der Waals surface area contributed by atoms with Crippen molar-refractivity contribution in [1.29, 1.82) is 0 Å². The lowest BCUT2D eigenvalue weighted by Crippen LogP contribution is -2.55. The standard InChI is InChI=1S/C22H32N2O6/c1-16-15-23(11-12-24(16)21(28)30-22(2,3)4)13-14-29-18-7-5-17(6-8-18)19(25)9-10-20(26)27/h5-8,16H,9-15H2,1-4H3,(H,26,27). The fraction of sp³-hybridized carbons (Fsp3) is 0.591. The van der Waals surface area contributed by atoms with Gasteiger partial charge in [-0.3, -0.25) is 14.5 Å². The van der Waals surface area contributed by atoms with Gasteiger partial charge in [-0.25, -0.2) is 4.79 Å². The Morgan fingerprint density at radius 1 is 1.10 bits per heavy atom. The van der Waals surface area contributed by atoms with Gasteiger partial charge in [0.15, 0.2) is 5.78 Å². The lowest BCUT2D eigenvalue weighted by atomic mass is 10.1. The molecular formula is C22H32N2O6. The Bertz CT molecular complexity index is 741. The third kappa shape index (κ3) is 7.67. The molecule has 0 spiro atoms. The Kier molecular flexibility index (Phi) is 8.23. The van der Waals surface area contributed by atoms with Crippen LogP contribution in [-0.2, 0) is 9.53 Å². The Hall–Kier alpha value is -2.61. The molecule has 0 saturated carbocycles. The minimum absolute atomic E-state index is 0.0109. The Balaban J connectivity index is 1.74. The van der Waals surface area contributed by atoms with Crippen LogP contribution in [0.3, 0.4) is 0 Å². The number of rotatable bonds is 8. The van der Waals surface area contributed by atoms with Gasteiger partial charge >= 0.3 is 12.1 Å². The third-order valence-electron chi connectivity index (χ3n) is 4.76. The molecule has 1 aromatic rings. The number of piperazine rings is 1. The summed E-state index contributed by atoms with van der Waals surface area (Å²) in [6.07, 6.45) is -0.455. The lowest BCUT2D eigenvalue weighted by molar-refractivity contribution is -0.136. The summed E-state index contributed by atoms with van der Waals surface area (Å²) in [5.41, 5.74) is -0.0197. The van der Waals surface area contributed by atoms with Crippen molar-refractivity contribution in [2.75, 3.05) is 32.8 Å². The molecule has 0 aromatic heterocycles. The minimum Gasteiger partial charge on any atom is -0.492 e. The van der Waals surface area contributed by atoms with Crippen molar-refractivity contribution in [3.05, 3.63) is 29.8 Å². The number of nitrogens with zero attached hydrogens (tertiary/aromatic N) is 2. The van der Waals surface area contributed by atoms with E-state index in [2.05, 4.69) is 4.90 Å². The minimum atomic E-state index is -0.982. The first-order valence-corrected chi connectivity index (χ1v) is 10.2. The topological polar surface area (TPSA) is 96.4 Å². The van der Waals surface area contributed by atoms with Crippen LogP contribution in [0.15, 0.2) is 24.3 Å².